The van der Waals surface area contributed by atoms with Gasteiger partial charge in [-0.15, -0.1) is 6.58 Å². The second-order valence-electron chi connectivity index (χ2n) is 6.74. The number of thiocarbonyl (C=S) groups is 2. The minimum Gasteiger partial charge on any atom is -0.359 e. The first kappa shape index (κ1) is 24.1. The summed E-state index contributed by atoms with van der Waals surface area (Å²) < 4.78 is 0. The standard InChI is InChI=1S/C19H38N4S2/c1-5-7-8-9-10-11-12-13-14-15-17(4)21-19(25)23-22-18(24)20-16(3)6-2/h6,16-17H,2,5,7-15H2,1,3-4H3,(H2,20,22,24)(H2,21,23,25)/t16-,17-/m0/s1. The zero-order valence-electron chi connectivity index (χ0n) is 16.3. The Balaban J connectivity index is 3.55. The summed E-state index contributed by atoms with van der Waals surface area (Å²) in [7, 11) is 0. The van der Waals surface area contributed by atoms with Crippen LogP contribution < -0.4 is 21.5 Å². The molecule has 0 aromatic rings. The first-order valence-electron chi connectivity index (χ1n) is 9.75. The third-order valence-corrected chi connectivity index (χ3v) is 4.56. The summed E-state index contributed by atoms with van der Waals surface area (Å²) >= 11 is 10.4. The lowest BCUT2D eigenvalue weighted by atomic mass is 10.0. The number of hydrazine groups is 1. The van der Waals surface area contributed by atoms with Gasteiger partial charge in [0.25, 0.3) is 0 Å². The van der Waals surface area contributed by atoms with Crippen LogP contribution in [0.2, 0.25) is 0 Å². The minimum atomic E-state index is 0.119. The molecule has 0 amide bonds. The van der Waals surface area contributed by atoms with Crippen molar-refractivity contribution in [1.82, 2.24) is 21.5 Å². The Morgan fingerprint density at radius 2 is 1.32 bits per heavy atom. The van der Waals surface area contributed by atoms with Gasteiger partial charge in [-0.25, -0.2) is 0 Å². The van der Waals surface area contributed by atoms with Crippen molar-refractivity contribution in [3.8, 4) is 0 Å². The van der Waals surface area contributed by atoms with Gasteiger partial charge in [0, 0.05) is 12.1 Å². The summed E-state index contributed by atoms with van der Waals surface area (Å²) in [6, 6.07) is 0.480. The van der Waals surface area contributed by atoms with E-state index in [0.29, 0.717) is 16.3 Å². The fourth-order valence-electron chi connectivity index (χ4n) is 2.51. The molecule has 0 fully saturated rings. The Morgan fingerprint density at radius 3 is 1.84 bits per heavy atom. The smallest absolute Gasteiger partial charge is 0.185 e. The fraction of sp³-hybridized carbons (Fsp3) is 0.789. The van der Waals surface area contributed by atoms with E-state index in [1.807, 2.05) is 6.92 Å². The van der Waals surface area contributed by atoms with Crippen molar-refractivity contribution in [3.63, 3.8) is 0 Å². The normalized spacial score (nSPS) is 12.8. The van der Waals surface area contributed by atoms with Crippen LogP contribution in [0.25, 0.3) is 0 Å². The quantitative estimate of drug-likeness (QED) is 0.159. The molecule has 0 aromatic carbocycles. The highest BCUT2D eigenvalue weighted by Gasteiger charge is 2.05. The van der Waals surface area contributed by atoms with E-state index < -0.39 is 0 Å². The predicted molar refractivity (Wildman–Crippen MR) is 119 cm³/mol. The summed E-state index contributed by atoms with van der Waals surface area (Å²) in [6.07, 6.45) is 15.1. The molecular weight excluding hydrogens is 348 g/mol. The molecule has 0 spiro atoms. The summed E-state index contributed by atoms with van der Waals surface area (Å²) in [6.45, 7) is 10.1. The van der Waals surface area contributed by atoms with E-state index in [1.54, 1.807) is 6.08 Å². The van der Waals surface area contributed by atoms with Crippen molar-refractivity contribution in [2.75, 3.05) is 0 Å². The molecule has 6 heteroatoms. The van der Waals surface area contributed by atoms with Crippen molar-refractivity contribution in [1.29, 1.82) is 0 Å². The van der Waals surface area contributed by atoms with Crippen molar-refractivity contribution >= 4 is 34.7 Å². The van der Waals surface area contributed by atoms with Crippen LogP contribution >= 0.6 is 24.4 Å². The zero-order valence-corrected chi connectivity index (χ0v) is 18.0. The Bertz CT molecular complexity index is 374. The molecule has 0 aromatic heterocycles. The van der Waals surface area contributed by atoms with Crippen LogP contribution in [0.3, 0.4) is 0 Å². The molecular formula is C19H38N4S2. The van der Waals surface area contributed by atoms with E-state index in [9.17, 15) is 0 Å². The summed E-state index contributed by atoms with van der Waals surface area (Å²) in [5.74, 6) is 0. The van der Waals surface area contributed by atoms with Crippen LogP contribution in [0.15, 0.2) is 12.7 Å². The molecule has 25 heavy (non-hydrogen) atoms. The number of hydrogen-bond donors (Lipinski definition) is 4. The van der Waals surface area contributed by atoms with Gasteiger partial charge in [0.15, 0.2) is 10.2 Å². The third kappa shape index (κ3) is 16.3. The molecule has 2 atom stereocenters. The Hall–Kier alpha value is -0.880. The molecule has 0 saturated heterocycles. The van der Waals surface area contributed by atoms with Gasteiger partial charge in [-0.1, -0.05) is 70.8 Å². The minimum absolute atomic E-state index is 0.119. The lowest BCUT2D eigenvalue weighted by molar-refractivity contribution is 0.518. The molecule has 0 rings (SSSR count). The molecule has 0 aliphatic heterocycles. The lowest BCUT2D eigenvalue weighted by Crippen LogP contribution is -2.52. The molecule has 0 aliphatic rings. The molecule has 0 radical (unpaired) electrons. The fourth-order valence-corrected chi connectivity index (χ4v) is 3.00. The molecule has 4 nitrogen and oxygen atoms in total. The molecule has 0 unspecified atom stereocenters. The summed E-state index contributed by atoms with van der Waals surface area (Å²) in [5.41, 5.74) is 5.79. The zero-order chi connectivity index (χ0) is 18.9. The van der Waals surface area contributed by atoms with E-state index in [0.717, 1.165) is 6.42 Å². The second-order valence-corrected chi connectivity index (χ2v) is 7.56. The van der Waals surface area contributed by atoms with Gasteiger partial charge in [0.05, 0.1) is 0 Å². The van der Waals surface area contributed by atoms with Crippen molar-refractivity contribution in [2.24, 2.45) is 0 Å². The molecule has 0 saturated carbocycles. The maximum Gasteiger partial charge on any atom is 0.185 e. The topological polar surface area (TPSA) is 48.1 Å². The van der Waals surface area contributed by atoms with Crippen molar-refractivity contribution in [2.45, 2.75) is 97.1 Å². The van der Waals surface area contributed by atoms with E-state index in [2.05, 4.69) is 41.9 Å². The van der Waals surface area contributed by atoms with E-state index in [4.69, 9.17) is 24.4 Å². The van der Waals surface area contributed by atoms with Gasteiger partial charge in [-0.05, 0) is 44.7 Å². The third-order valence-electron chi connectivity index (χ3n) is 4.12. The van der Waals surface area contributed by atoms with E-state index in [1.165, 1.54) is 57.8 Å². The number of unbranched alkanes of at least 4 members (excludes halogenated alkanes) is 8. The monoisotopic (exact) mass is 386 g/mol. The number of hydrogen-bond acceptors (Lipinski definition) is 2. The summed E-state index contributed by atoms with van der Waals surface area (Å²) in [4.78, 5) is 0. The van der Waals surface area contributed by atoms with Crippen LogP contribution in [0.5, 0.6) is 0 Å². The van der Waals surface area contributed by atoms with Crippen LogP contribution in [0.1, 0.15) is 85.0 Å². The van der Waals surface area contributed by atoms with Gasteiger partial charge in [-0.3, -0.25) is 10.9 Å². The van der Waals surface area contributed by atoms with E-state index >= 15 is 0 Å². The molecule has 0 bridgehead atoms. The number of rotatable bonds is 13. The highest BCUT2D eigenvalue weighted by Crippen LogP contribution is 2.11. The van der Waals surface area contributed by atoms with Gasteiger partial charge in [-0.2, -0.15) is 0 Å². The Kier molecular flexibility index (Phi) is 16.0. The van der Waals surface area contributed by atoms with Gasteiger partial charge >= 0.3 is 0 Å². The van der Waals surface area contributed by atoms with Gasteiger partial charge < -0.3 is 10.6 Å². The van der Waals surface area contributed by atoms with Gasteiger partial charge in [0.1, 0.15) is 0 Å². The largest absolute Gasteiger partial charge is 0.359 e. The highest BCUT2D eigenvalue weighted by molar-refractivity contribution is 7.80. The first-order chi connectivity index (χ1) is 12.0. The SMILES string of the molecule is C=C[C@H](C)NC(=S)NNC(=S)N[C@@H](C)CCCCCCCCCCC. The molecule has 0 heterocycles. The maximum atomic E-state index is 5.27. The number of nitrogens with one attached hydrogen (secondary N) is 4. The molecule has 0 aliphatic carbocycles. The van der Waals surface area contributed by atoms with Crippen LogP contribution in [-0.4, -0.2) is 22.3 Å². The maximum absolute atomic E-state index is 5.27. The van der Waals surface area contributed by atoms with Gasteiger partial charge in [0.2, 0.25) is 0 Å². The van der Waals surface area contributed by atoms with E-state index in [-0.39, 0.29) is 6.04 Å². The van der Waals surface area contributed by atoms with Crippen LogP contribution in [0, 0.1) is 0 Å². The Labute approximate surface area is 166 Å². The lowest BCUT2D eigenvalue weighted by Gasteiger charge is -2.19. The predicted octanol–water partition coefficient (Wildman–Crippen LogP) is 4.71. The van der Waals surface area contributed by atoms with Crippen LogP contribution in [0.4, 0.5) is 0 Å². The first-order valence-corrected chi connectivity index (χ1v) is 10.6. The average molecular weight is 387 g/mol. The average Bonchev–Trinajstić information content (AvgIpc) is 2.58. The van der Waals surface area contributed by atoms with Crippen molar-refractivity contribution in [3.05, 3.63) is 12.7 Å². The molecule has 146 valence electrons. The Morgan fingerprint density at radius 1 is 0.840 bits per heavy atom. The van der Waals surface area contributed by atoms with Crippen molar-refractivity contribution < 1.29 is 0 Å². The second kappa shape index (κ2) is 16.6. The highest BCUT2D eigenvalue weighted by atomic mass is 32.1. The summed E-state index contributed by atoms with van der Waals surface area (Å²) in [5, 5.41) is 7.41. The molecule has 4 N–H and O–H groups in total. The van der Waals surface area contributed by atoms with Crippen LogP contribution in [-0.2, 0) is 0 Å².